The van der Waals surface area contributed by atoms with Gasteiger partial charge in [-0.25, -0.2) is 9.97 Å². The molecule has 1 saturated heterocycles. The average molecular weight is 220 g/mol. The molecule has 0 amide bonds. The van der Waals surface area contributed by atoms with Crippen molar-refractivity contribution >= 4 is 11.6 Å². The minimum atomic E-state index is 0.846. The number of rotatable bonds is 3. The van der Waals surface area contributed by atoms with Gasteiger partial charge in [0.2, 0.25) is 0 Å². The minimum Gasteiger partial charge on any atom is -0.370 e. The Morgan fingerprint density at radius 2 is 2.00 bits per heavy atom. The molecule has 0 aromatic carbocycles. The maximum Gasteiger partial charge on any atom is 0.134 e. The van der Waals surface area contributed by atoms with Gasteiger partial charge < -0.3 is 10.2 Å². The summed E-state index contributed by atoms with van der Waals surface area (Å²) >= 11 is 0. The van der Waals surface area contributed by atoms with Gasteiger partial charge in [0.15, 0.2) is 0 Å². The summed E-state index contributed by atoms with van der Waals surface area (Å²) in [5.74, 6) is 2.86. The molecular formula is C12H20N4. The van der Waals surface area contributed by atoms with Crippen LogP contribution in [0.5, 0.6) is 0 Å². The van der Waals surface area contributed by atoms with Crippen molar-refractivity contribution in [3.8, 4) is 0 Å². The number of aromatic nitrogens is 2. The average Bonchev–Trinajstić information content (AvgIpc) is 2.30. The zero-order valence-electron chi connectivity index (χ0n) is 10.2. The highest BCUT2D eigenvalue weighted by Gasteiger charge is 2.13. The zero-order valence-corrected chi connectivity index (χ0v) is 10.2. The van der Waals surface area contributed by atoms with E-state index in [0.717, 1.165) is 37.1 Å². The standard InChI is InChI=1S/C12H20N4/c1-3-13-11-9-12(15-10(2)14-11)16-7-5-4-6-8-16/h9H,3-8H2,1-2H3,(H,13,14,15). The molecule has 4 nitrogen and oxygen atoms in total. The SMILES string of the molecule is CCNc1cc(N2CCCCC2)nc(C)n1. The molecule has 16 heavy (non-hydrogen) atoms. The fourth-order valence-corrected chi connectivity index (χ4v) is 2.11. The minimum absolute atomic E-state index is 0.846. The largest absolute Gasteiger partial charge is 0.370 e. The number of nitrogens with one attached hydrogen (secondary N) is 1. The van der Waals surface area contributed by atoms with Gasteiger partial charge in [-0.2, -0.15) is 0 Å². The van der Waals surface area contributed by atoms with Gasteiger partial charge in [0.05, 0.1) is 0 Å². The number of hydrogen-bond acceptors (Lipinski definition) is 4. The number of aryl methyl sites for hydroxylation is 1. The predicted octanol–water partition coefficient (Wildman–Crippen LogP) is 2.21. The third-order valence-electron chi connectivity index (χ3n) is 2.86. The molecule has 1 aromatic rings. The van der Waals surface area contributed by atoms with E-state index < -0.39 is 0 Å². The first-order valence-electron chi connectivity index (χ1n) is 6.14. The van der Waals surface area contributed by atoms with E-state index in [9.17, 15) is 0 Å². The van der Waals surface area contributed by atoms with Gasteiger partial charge in [-0.1, -0.05) is 0 Å². The van der Waals surface area contributed by atoms with Crippen LogP contribution in [0.4, 0.5) is 11.6 Å². The van der Waals surface area contributed by atoms with Crippen molar-refractivity contribution in [3.63, 3.8) is 0 Å². The lowest BCUT2D eigenvalue weighted by atomic mass is 10.1. The lowest BCUT2D eigenvalue weighted by Gasteiger charge is -2.28. The fraction of sp³-hybridized carbons (Fsp3) is 0.667. The normalized spacial score (nSPS) is 16.2. The van der Waals surface area contributed by atoms with Crippen LogP contribution in [0.2, 0.25) is 0 Å². The molecule has 1 fully saturated rings. The van der Waals surface area contributed by atoms with Crippen LogP contribution in [0, 0.1) is 6.92 Å². The Kier molecular flexibility index (Phi) is 3.59. The molecule has 0 aliphatic carbocycles. The summed E-state index contributed by atoms with van der Waals surface area (Å²) in [6.07, 6.45) is 3.90. The lowest BCUT2D eigenvalue weighted by Crippen LogP contribution is -2.30. The van der Waals surface area contributed by atoms with Gasteiger partial charge in [-0.15, -0.1) is 0 Å². The summed E-state index contributed by atoms with van der Waals surface area (Å²) in [4.78, 5) is 11.2. The molecule has 88 valence electrons. The van der Waals surface area contributed by atoms with E-state index in [4.69, 9.17) is 0 Å². The molecule has 0 saturated carbocycles. The first-order chi connectivity index (χ1) is 7.79. The Labute approximate surface area is 97.1 Å². The van der Waals surface area contributed by atoms with E-state index in [1.807, 2.05) is 6.92 Å². The number of nitrogens with zero attached hydrogens (tertiary/aromatic N) is 3. The van der Waals surface area contributed by atoms with E-state index in [0.29, 0.717) is 0 Å². The van der Waals surface area contributed by atoms with Crippen molar-refractivity contribution in [1.29, 1.82) is 0 Å². The molecule has 0 spiro atoms. The molecule has 1 aromatic heterocycles. The molecule has 2 rings (SSSR count). The van der Waals surface area contributed by atoms with E-state index in [-0.39, 0.29) is 0 Å². The zero-order chi connectivity index (χ0) is 11.4. The molecule has 0 radical (unpaired) electrons. The van der Waals surface area contributed by atoms with Crippen LogP contribution in [0.15, 0.2) is 6.07 Å². The summed E-state index contributed by atoms with van der Waals surface area (Å²) in [5, 5.41) is 3.25. The van der Waals surface area contributed by atoms with E-state index >= 15 is 0 Å². The maximum atomic E-state index is 4.51. The van der Waals surface area contributed by atoms with Crippen LogP contribution < -0.4 is 10.2 Å². The molecule has 2 heterocycles. The van der Waals surface area contributed by atoms with Crippen molar-refractivity contribution in [2.24, 2.45) is 0 Å². The van der Waals surface area contributed by atoms with Gasteiger partial charge in [0.1, 0.15) is 17.5 Å². The quantitative estimate of drug-likeness (QED) is 0.848. The summed E-state index contributed by atoms with van der Waals surface area (Å²) in [6.45, 7) is 7.19. The van der Waals surface area contributed by atoms with Crippen LogP contribution in [-0.4, -0.2) is 29.6 Å². The molecule has 1 aliphatic heterocycles. The molecule has 0 atom stereocenters. The van der Waals surface area contributed by atoms with Gasteiger partial charge in [0.25, 0.3) is 0 Å². The molecule has 1 aliphatic rings. The van der Waals surface area contributed by atoms with Crippen molar-refractivity contribution < 1.29 is 0 Å². The van der Waals surface area contributed by atoms with Gasteiger partial charge >= 0.3 is 0 Å². The monoisotopic (exact) mass is 220 g/mol. The van der Waals surface area contributed by atoms with Crippen molar-refractivity contribution in [2.75, 3.05) is 29.9 Å². The second kappa shape index (κ2) is 5.14. The lowest BCUT2D eigenvalue weighted by molar-refractivity contribution is 0.572. The highest BCUT2D eigenvalue weighted by Crippen LogP contribution is 2.20. The molecular weight excluding hydrogens is 200 g/mol. The second-order valence-corrected chi connectivity index (χ2v) is 4.24. The van der Waals surface area contributed by atoms with Crippen LogP contribution in [0.1, 0.15) is 32.0 Å². The molecule has 4 heteroatoms. The summed E-state index contributed by atoms with van der Waals surface area (Å²) in [6, 6.07) is 2.06. The highest BCUT2D eigenvalue weighted by atomic mass is 15.2. The third kappa shape index (κ3) is 2.62. The van der Waals surface area contributed by atoms with Crippen LogP contribution in [0.3, 0.4) is 0 Å². The van der Waals surface area contributed by atoms with E-state index in [1.165, 1.54) is 19.3 Å². The van der Waals surface area contributed by atoms with Crippen LogP contribution in [-0.2, 0) is 0 Å². The number of hydrogen-bond donors (Lipinski definition) is 1. The first kappa shape index (κ1) is 11.2. The summed E-state index contributed by atoms with van der Waals surface area (Å²) < 4.78 is 0. The predicted molar refractivity (Wildman–Crippen MR) is 67.0 cm³/mol. The fourth-order valence-electron chi connectivity index (χ4n) is 2.11. The second-order valence-electron chi connectivity index (χ2n) is 4.24. The Bertz CT molecular complexity index is 345. The third-order valence-corrected chi connectivity index (χ3v) is 2.86. The summed E-state index contributed by atoms with van der Waals surface area (Å²) in [5.41, 5.74) is 0. The molecule has 1 N–H and O–H groups in total. The summed E-state index contributed by atoms with van der Waals surface area (Å²) in [7, 11) is 0. The van der Waals surface area contributed by atoms with E-state index in [1.54, 1.807) is 0 Å². The number of piperidine rings is 1. The maximum absolute atomic E-state index is 4.51. The molecule has 0 bridgehead atoms. The van der Waals surface area contributed by atoms with Crippen LogP contribution in [0.25, 0.3) is 0 Å². The van der Waals surface area contributed by atoms with Crippen molar-refractivity contribution in [2.45, 2.75) is 33.1 Å². The van der Waals surface area contributed by atoms with E-state index in [2.05, 4.69) is 33.2 Å². The van der Waals surface area contributed by atoms with Gasteiger partial charge in [-0.05, 0) is 33.1 Å². The molecule has 0 unspecified atom stereocenters. The van der Waals surface area contributed by atoms with Crippen molar-refractivity contribution in [3.05, 3.63) is 11.9 Å². The van der Waals surface area contributed by atoms with Gasteiger partial charge in [0, 0.05) is 25.7 Å². The van der Waals surface area contributed by atoms with Crippen LogP contribution >= 0.6 is 0 Å². The smallest absolute Gasteiger partial charge is 0.134 e. The van der Waals surface area contributed by atoms with Gasteiger partial charge in [-0.3, -0.25) is 0 Å². The topological polar surface area (TPSA) is 41.0 Å². The highest BCUT2D eigenvalue weighted by molar-refractivity contribution is 5.49. The first-order valence-corrected chi connectivity index (χ1v) is 6.14. The Morgan fingerprint density at radius 1 is 1.25 bits per heavy atom. The Hall–Kier alpha value is -1.32. The van der Waals surface area contributed by atoms with Crippen molar-refractivity contribution in [1.82, 2.24) is 9.97 Å². The Balaban J connectivity index is 2.18. The number of anilines is 2. The Morgan fingerprint density at radius 3 is 2.69 bits per heavy atom.